The average Bonchev–Trinajstić information content (AvgIpc) is 3.38. The number of carbonyl (C=O) groups is 1. The van der Waals surface area contributed by atoms with Crippen LogP contribution in [0.25, 0.3) is 0 Å². The van der Waals surface area contributed by atoms with Crippen LogP contribution in [-0.4, -0.2) is 47.0 Å². The highest BCUT2D eigenvalue weighted by atomic mass is 35.5. The van der Waals surface area contributed by atoms with Crippen molar-refractivity contribution in [3.63, 3.8) is 0 Å². The zero-order valence-electron chi connectivity index (χ0n) is 18.5. The van der Waals surface area contributed by atoms with Gasteiger partial charge in [-0.1, -0.05) is 31.2 Å². The SMILES string of the molecule is CCOC(=O)C1(c2cnc(Cc3cn(COCC[Si](C)(C)C)nc3C)nc2Cl)CC1. The van der Waals surface area contributed by atoms with Crippen molar-refractivity contribution in [3.8, 4) is 0 Å². The Morgan fingerprint density at radius 3 is 2.67 bits per heavy atom. The standard InChI is InChI=1S/C21H31ClN4O3Si/c1-6-29-20(27)21(7-8-21)17-12-23-18(24-19(17)22)11-16-13-26(25-15(16)2)14-28-9-10-30(3,4)5/h12-13H,6-11,14H2,1-5H3. The fraction of sp³-hybridized carbons (Fsp3) is 0.619. The lowest BCUT2D eigenvalue weighted by Crippen LogP contribution is -2.24. The number of hydrogen-bond donors (Lipinski definition) is 0. The van der Waals surface area contributed by atoms with Crippen LogP contribution < -0.4 is 0 Å². The molecule has 0 amide bonds. The molecular formula is C21H31ClN4O3Si. The van der Waals surface area contributed by atoms with E-state index in [0.29, 0.717) is 36.3 Å². The van der Waals surface area contributed by atoms with Gasteiger partial charge in [0.05, 0.1) is 17.7 Å². The molecule has 0 unspecified atom stereocenters. The first kappa shape index (κ1) is 22.9. The van der Waals surface area contributed by atoms with Gasteiger partial charge in [-0.2, -0.15) is 5.10 Å². The molecule has 2 heterocycles. The molecule has 2 aromatic rings. The molecule has 1 aliphatic rings. The molecule has 1 fully saturated rings. The van der Waals surface area contributed by atoms with E-state index in [4.69, 9.17) is 21.1 Å². The van der Waals surface area contributed by atoms with Crippen LogP contribution in [0.4, 0.5) is 0 Å². The number of halogens is 1. The first-order valence-corrected chi connectivity index (χ1v) is 14.5. The average molecular weight is 451 g/mol. The van der Waals surface area contributed by atoms with Crippen molar-refractivity contribution in [2.45, 2.75) is 70.9 Å². The Bertz CT molecular complexity index is 906. The summed E-state index contributed by atoms with van der Waals surface area (Å²) in [6.07, 6.45) is 5.60. The predicted molar refractivity (Wildman–Crippen MR) is 118 cm³/mol. The van der Waals surface area contributed by atoms with Crippen LogP contribution in [0, 0.1) is 6.92 Å². The second-order valence-corrected chi connectivity index (χ2v) is 15.1. The fourth-order valence-electron chi connectivity index (χ4n) is 3.28. The van der Waals surface area contributed by atoms with Gasteiger partial charge in [-0.15, -0.1) is 0 Å². The molecule has 1 aliphatic carbocycles. The number of esters is 1. The van der Waals surface area contributed by atoms with Gasteiger partial charge in [-0.3, -0.25) is 4.79 Å². The van der Waals surface area contributed by atoms with E-state index < -0.39 is 13.5 Å². The third-order valence-electron chi connectivity index (χ3n) is 5.34. The minimum Gasteiger partial charge on any atom is -0.465 e. The highest BCUT2D eigenvalue weighted by molar-refractivity contribution is 6.76. The van der Waals surface area contributed by atoms with Gasteiger partial charge in [-0.05, 0) is 32.7 Å². The van der Waals surface area contributed by atoms with E-state index in [1.165, 1.54) is 0 Å². The van der Waals surface area contributed by atoms with E-state index in [0.717, 1.165) is 36.8 Å². The van der Waals surface area contributed by atoms with Gasteiger partial charge in [0.2, 0.25) is 0 Å². The number of rotatable bonds is 10. The van der Waals surface area contributed by atoms with Crippen molar-refractivity contribution < 1.29 is 14.3 Å². The van der Waals surface area contributed by atoms with Crippen molar-refractivity contribution in [1.29, 1.82) is 0 Å². The van der Waals surface area contributed by atoms with Crippen LogP contribution in [0.3, 0.4) is 0 Å². The molecular weight excluding hydrogens is 420 g/mol. The van der Waals surface area contributed by atoms with Crippen molar-refractivity contribution in [2.75, 3.05) is 13.2 Å². The Morgan fingerprint density at radius 2 is 2.07 bits per heavy atom. The summed E-state index contributed by atoms with van der Waals surface area (Å²) < 4.78 is 12.8. The lowest BCUT2D eigenvalue weighted by molar-refractivity contribution is -0.146. The number of ether oxygens (including phenoxy) is 2. The maximum absolute atomic E-state index is 12.3. The van der Waals surface area contributed by atoms with Gasteiger partial charge >= 0.3 is 5.97 Å². The quantitative estimate of drug-likeness (QED) is 0.234. The molecule has 0 aliphatic heterocycles. The van der Waals surface area contributed by atoms with Crippen molar-refractivity contribution in [3.05, 3.63) is 40.2 Å². The second-order valence-electron chi connectivity index (χ2n) is 9.10. The molecule has 0 atom stereocenters. The van der Waals surface area contributed by atoms with Crippen LogP contribution in [0.15, 0.2) is 12.4 Å². The maximum atomic E-state index is 12.3. The van der Waals surface area contributed by atoms with E-state index in [-0.39, 0.29) is 5.97 Å². The molecule has 9 heteroatoms. The van der Waals surface area contributed by atoms with Crippen molar-refractivity contribution in [2.24, 2.45) is 0 Å². The molecule has 0 aromatic carbocycles. The number of aryl methyl sites for hydroxylation is 1. The highest BCUT2D eigenvalue weighted by Crippen LogP contribution is 2.50. The lowest BCUT2D eigenvalue weighted by Gasteiger charge is -2.15. The summed E-state index contributed by atoms with van der Waals surface area (Å²) in [6, 6.07) is 1.13. The topological polar surface area (TPSA) is 79.1 Å². The molecule has 3 rings (SSSR count). The minimum absolute atomic E-state index is 0.241. The normalized spacial score (nSPS) is 15.3. The Labute approximate surface area is 184 Å². The molecule has 0 spiro atoms. The second kappa shape index (κ2) is 9.16. The maximum Gasteiger partial charge on any atom is 0.316 e. The summed E-state index contributed by atoms with van der Waals surface area (Å²) in [7, 11) is -1.10. The van der Waals surface area contributed by atoms with Crippen LogP contribution in [-0.2, 0) is 32.8 Å². The van der Waals surface area contributed by atoms with E-state index in [1.807, 2.05) is 17.8 Å². The smallest absolute Gasteiger partial charge is 0.316 e. The Balaban J connectivity index is 1.64. The molecule has 164 valence electrons. The van der Waals surface area contributed by atoms with Crippen LogP contribution in [0.2, 0.25) is 30.8 Å². The van der Waals surface area contributed by atoms with Crippen LogP contribution >= 0.6 is 11.6 Å². The van der Waals surface area contributed by atoms with Gasteiger partial charge in [0.1, 0.15) is 17.7 Å². The van der Waals surface area contributed by atoms with Crippen molar-refractivity contribution in [1.82, 2.24) is 19.7 Å². The first-order chi connectivity index (χ1) is 14.1. The van der Waals surface area contributed by atoms with Gasteiger partial charge < -0.3 is 9.47 Å². The van der Waals surface area contributed by atoms with Gasteiger partial charge in [0.25, 0.3) is 0 Å². The van der Waals surface area contributed by atoms with E-state index >= 15 is 0 Å². The van der Waals surface area contributed by atoms with Gasteiger partial charge in [0.15, 0.2) is 0 Å². The molecule has 1 saturated carbocycles. The molecule has 2 aromatic heterocycles. The molecule has 0 saturated heterocycles. The molecule has 7 nitrogen and oxygen atoms in total. The molecule has 30 heavy (non-hydrogen) atoms. The van der Waals surface area contributed by atoms with Gasteiger partial charge in [0, 0.05) is 44.6 Å². The van der Waals surface area contributed by atoms with E-state index in [2.05, 4.69) is 34.7 Å². The van der Waals surface area contributed by atoms with Crippen LogP contribution in [0.1, 0.15) is 42.4 Å². The zero-order chi connectivity index (χ0) is 21.9. The Hall–Kier alpha value is -1.77. The third kappa shape index (κ3) is 5.47. The molecule has 0 bridgehead atoms. The van der Waals surface area contributed by atoms with E-state index in [9.17, 15) is 4.79 Å². The number of nitrogens with zero attached hydrogens (tertiary/aromatic N) is 4. The third-order valence-corrected chi connectivity index (χ3v) is 7.33. The fourth-order valence-corrected chi connectivity index (χ4v) is 4.37. The summed E-state index contributed by atoms with van der Waals surface area (Å²) in [6.45, 7) is 12.3. The number of hydrogen-bond acceptors (Lipinski definition) is 6. The largest absolute Gasteiger partial charge is 0.465 e. The molecule has 0 radical (unpaired) electrons. The summed E-state index contributed by atoms with van der Waals surface area (Å²) in [5, 5.41) is 4.85. The monoisotopic (exact) mass is 450 g/mol. The zero-order valence-corrected chi connectivity index (χ0v) is 20.3. The Kier molecular flexibility index (Phi) is 6.99. The van der Waals surface area contributed by atoms with Crippen molar-refractivity contribution >= 4 is 25.6 Å². The lowest BCUT2D eigenvalue weighted by atomic mass is 9.99. The van der Waals surface area contributed by atoms with Crippen LogP contribution in [0.5, 0.6) is 0 Å². The summed E-state index contributed by atoms with van der Waals surface area (Å²) in [5.74, 6) is 0.361. The Morgan fingerprint density at radius 1 is 1.33 bits per heavy atom. The molecule has 0 N–H and O–H groups in total. The van der Waals surface area contributed by atoms with E-state index in [1.54, 1.807) is 13.1 Å². The van der Waals surface area contributed by atoms with Gasteiger partial charge in [-0.25, -0.2) is 14.6 Å². The summed E-state index contributed by atoms with van der Waals surface area (Å²) >= 11 is 6.43. The predicted octanol–water partition coefficient (Wildman–Crippen LogP) is 4.13. The number of aromatic nitrogens is 4. The number of carbonyl (C=O) groups excluding carboxylic acids is 1. The summed E-state index contributed by atoms with van der Waals surface area (Å²) in [4.78, 5) is 21.2. The summed E-state index contributed by atoms with van der Waals surface area (Å²) in [5.41, 5.74) is 1.94. The highest BCUT2D eigenvalue weighted by Gasteiger charge is 2.54. The minimum atomic E-state index is -1.10. The first-order valence-electron chi connectivity index (χ1n) is 10.4.